The van der Waals surface area contributed by atoms with E-state index in [1.807, 2.05) is 25.1 Å². The number of fused-ring (bicyclic) bond motifs is 2. The Morgan fingerprint density at radius 1 is 1.16 bits per heavy atom. The zero-order chi connectivity index (χ0) is 21.5. The third-order valence-corrected chi connectivity index (χ3v) is 5.19. The Labute approximate surface area is 176 Å². The van der Waals surface area contributed by atoms with Crippen LogP contribution in [0.1, 0.15) is 5.56 Å². The van der Waals surface area contributed by atoms with Crippen LogP contribution in [-0.4, -0.2) is 38.5 Å². The third-order valence-electron chi connectivity index (χ3n) is 5.19. The van der Waals surface area contributed by atoms with Crippen molar-refractivity contribution in [1.29, 1.82) is 0 Å². The number of carbonyl (C=O) groups is 1. The van der Waals surface area contributed by atoms with E-state index in [2.05, 4.69) is 10.2 Å². The van der Waals surface area contributed by atoms with Gasteiger partial charge in [0.15, 0.2) is 0 Å². The molecule has 0 aliphatic carbocycles. The Bertz CT molecular complexity index is 1360. The number of hydrogen-bond donors (Lipinski definition) is 0. The molecule has 0 fully saturated rings. The predicted molar refractivity (Wildman–Crippen MR) is 112 cm³/mol. The molecule has 0 radical (unpaired) electrons. The molecule has 1 aliphatic heterocycles. The maximum Gasteiger partial charge on any atom is 0.293 e. The quantitative estimate of drug-likeness (QED) is 0.510. The number of rotatable bonds is 3. The number of amides is 1. The highest BCUT2D eigenvalue weighted by molar-refractivity contribution is 5.95. The molecule has 1 amide bonds. The van der Waals surface area contributed by atoms with Gasteiger partial charge < -0.3 is 9.64 Å². The number of halogens is 1. The number of aromatic nitrogens is 4. The summed E-state index contributed by atoms with van der Waals surface area (Å²) in [4.78, 5) is 27.5. The number of hydrogen-bond acceptors (Lipinski definition) is 5. The monoisotopic (exact) mass is 419 g/mol. The summed E-state index contributed by atoms with van der Waals surface area (Å²) >= 11 is 0. The van der Waals surface area contributed by atoms with Gasteiger partial charge in [-0.15, -0.1) is 0 Å². The minimum absolute atomic E-state index is 0.209. The van der Waals surface area contributed by atoms with Gasteiger partial charge in [0.1, 0.15) is 36.6 Å². The summed E-state index contributed by atoms with van der Waals surface area (Å²) in [5.41, 5.74) is 2.72. The number of nitrogens with zero attached hydrogens (tertiary/aromatic N) is 5. The number of benzene rings is 2. The van der Waals surface area contributed by atoms with Gasteiger partial charge in [-0.2, -0.15) is 10.2 Å². The van der Waals surface area contributed by atoms with Gasteiger partial charge in [0.2, 0.25) is 5.91 Å². The van der Waals surface area contributed by atoms with E-state index in [1.54, 1.807) is 23.1 Å². The molecule has 8 nitrogen and oxygen atoms in total. The topological polar surface area (TPSA) is 81.7 Å². The number of anilines is 1. The maximum absolute atomic E-state index is 13.2. The maximum atomic E-state index is 13.2. The molecule has 0 saturated heterocycles. The first-order valence-corrected chi connectivity index (χ1v) is 9.75. The molecule has 1 aliphatic rings. The molecule has 31 heavy (non-hydrogen) atoms. The summed E-state index contributed by atoms with van der Waals surface area (Å²) in [5.74, 6) is 0.0305. The number of aryl methyl sites for hydroxylation is 1. The zero-order valence-electron chi connectivity index (χ0n) is 16.7. The van der Waals surface area contributed by atoms with Crippen LogP contribution in [0.3, 0.4) is 0 Å². The molecule has 5 rings (SSSR count). The molecule has 0 atom stereocenters. The van der Waals surface area contributed by atoms with E-state index in [0.717, 1.165) is 10.2 Å². The SMILES string of the molecule is Cc1ccc2c(c1)N(C(=O)Cn1ncn3nc(-c4ccc(F)cc4)cc3c1=O)CCO2. The fourth-order valence-electron chi connectivity index (χ4n) is 3.61. The van der Waals surface area contributed by atoms with Crippen LogP contribution in [0.15, 0.2) is 59.7 Å². The Morgan fingerprint density at radius 2 is 1.97 bits per heavy atom. The molecule has 4 aromatic rings. The summed E-state index contributed by atoms with van der Waals surface area (Å²) in [6, 6.07) is 13.1. The van der Waals surface area contributed by atoms with Crippen molar-refractivity contribution < 1.29 is 13.9 Å². The summed E-state index contributed by atoms with van der Waals surface area (Å²) in [5, 5.41) is 8.43. The van der Waals surface area contributed by atoms with Crippen molar-refractivity contribution in [2.75, 3.05) is 18.1 Å². The summed E-state index contributed by atoms with van der Waals surface area (Å²) in [6.07, 6.45) is 1.38. The van der Waals surface area contributed by atoms with Crippen molar-refractivity contribution in [3.63, 3.8) is 0 Å². The van der Waals surface area contributed by atoms with E-state index in [1.165, 1.54) is 23.0 Å². The van der Waals surface area contributed by atoms with Gasteiger partial charge in [0, 0.05) is 5.56 Å². The Hall–Kier alpha value is -4.01. The van der Waals surface area contributed by atoms with E-state index in [4.69, 9.17) is 4.74 Å². The second kappa shape index (κ2) is 7.35. The first-order chi connectivity index (χ1) is 15.0. The van der Waals surface area contributed by atoms with Gasteiger partial charge in [-0.3, -0.25) is 9.59 Å². The minimum atomic E-state index is -0.436. The average Bonchev–Trinajstić information content (AvgIpc) is 3.21. The number of ether oxygens (including phenoxy) is 1. The van der Waals surface area contributed by atoms with Gasteiger partial charge in [-0.05, 0) is 55.0 Å². The first-order valence-electron chi connectivity index (χ1n) is 9.75. The van der Waals surface area contributed by atoms with Crippen molar-refractivity contribution in [2.45, 2.75) is 13.5 Å². The third kappa shape index (κ3) is 3.43. The molecule has 0 saturated carbocycles. The van der Waals surface area contributed by atoms with E-state index in [9.17, 15) is 14.0 Å². The van der Waals surface area contributed by atoms with Crippen molar-refractivity contribution in [3.8, 4) is 17.0 Å². The van der Waals surface area contributed by atoms with Crippen LogP contribution in [-0.2, 0) is 11.3 Å². The van der Waals surface area contributed by atoms with Gasteiger partial charge in [-0.1, -0.05) is 6.07 Å². The smallest absolute Gasteiger partial charge is 0.293 e. The lowest BCUT2D eigenvalue weighted by Crippen LogP contribution is -2.42. The molecule has 0 N–H and O–H groups in total. The molecule has 0 spiro atoms. The number of carbonyl (C=O) groups excluding carboxylic acids is 1. The normalized spacial score (nSPS) is 13.2. The fraction of sp³-hybridized carbons (Fsp3) is 0.182. The standard InChI is InChI=1S/C22H18FN5O3/c1-14-2-7-20-18(10-14)26(8-9-31-20)21(29)12-27-22(30)19-11-17(25-28(19)13-24-27)15-3-5-16(23)6-4-15/h2-7,10-11,13H,8-9,12H2,1H3. The van der Waals surface area contributed by atoms with Crippen molar-refractivity contribution in [1.82, 2.24) is 19.4 Å². The lowest BCUT2D eigenvalue weighted by molar-refractivity contribution is -0.119. The van der Waals surface area contributed by atoms with E-state index in [-0.39, 0.29) is 23.8 Å². The second-order valence-electron chi connectivity index (χ2n) is 7.33. The molecular weight excluding hydrogens is 401 g/mol. The van der Waals surface area contributed by atoms with E-state index in [0.29, 0.717) is 35.8 Å². The first kappa shape index (κ1) is 19.0. The van der Waals surface area contributed by atoms with Gasteiger partial charge >= 0.3 is 0 Å². The molecule has 156 valence electrons. The Balaban J connectivity index is 1.46. The molecule has 0 unspecified atom stereocenters. The summed E-state index contributed by atoms with van der Waals surface area (Å²) < 4.78 is 21.3. The van der Waals surface area contributed by atoms with Gasteiger partial charge in [0.25, 0.3) is 5.56 Å². The van der Waals surface area contributed by atoms with Crippen LogP contribution in [0.4, 0.5) is 10.1 Å². The van der Waals surface area contributed by atoms with Crippen molar-refractivity contribution >= 4 is 17.1 Å². The second-order valence-corrected chi connectivity index (χ2v) is 7.33. The Kier molecular flexibility index (Phi) is 4.50. The molecule has 3 heterocycles. The van der Waals surface area contributed by atoms with Crippen LogP contribution in [0.25, 0.3) is 16.8 Å². The average molecular weight is 419 g/mol. The molecule has 0 bridgehead atoms. The van der Waals surface area contributed by atoms with Gasteiger partial charge in [-0.25, -0.2) is 13.6 Å². The Morgan fingerprint density at radius 3 is 2.77 bits per heavy atom. The molecular formula is C22H18FN5O3. The summed E-state index contributed by atoms with van der Waals surface area (Å²) in [7, 11) is 0. The minimum Gasteiger partial charge on any atom is -0.490 e. The highest BCUT2D eigenvalue weighted by Gasteiger charge is 2.25. The lowest BCUT2D eigenvalue weighted by atomic mass is 10.1. The lowest BCUT2D eigenvalue weighted by Gasteiger charge is -2.29. The highest BCUT2D eigenvalue weighted by atomic mass is 19.1. The molecule has 2 aromatic heterocycles. The molecule has 2 aromatic carbocycles. The van der Waals surface area contributed by atoms with Gasteiger partial charge in [0.05, 0.1) is 17.9 Å². The predicted octanol–water partition coefficient (Wildman–Crippen LogP) is 2.43. The van der Waals surface area contributed by atoms with Crippen LogP contribution in [0, 0.1) is 12.7 Å². The van der Waals surface area contributed by atoms with E-state index < -0.39 is 5.56 Å². The molecule has 9 heteroatoms. The largest absolute Gasteiger partial charge is 0.490 e. The van der Waals surface area contributed by atoms with Crippen LogP contribution in [0.5, 0.6) is 5.75 Å². The van der Waals surface area contributed by atoms with Crippen LogP contribution >= 0.6 is 0 Å². The van der Waals surface area contributed by atoms with Crippen molar-refractivity contribution in [2.24, 2.45) is 0 Å². The van der Waals surface area contributed by atoms with E-state index >= 15 is 0 Å². The van der Waals surface area contributed by atoms with Crippen LogP contribution in [0.2, 0.25) is 0 Å². The fourth-order valence-corrected chi connectivity index (χ4v) is 3.61. The highest BCUT2D eigenvalue weighted by Crippen LogP contribution is 2.32. The summed E-state index contributed by atoms with van der Waals surface area (Å²) in [6.45, 7) is 2.51. The van der Waals surface area contributed by atoms with Crippen LogP contribution < -0.4 is 15.2 Å². The zero-order valence-corrected chi connectivity index (χ0v) is 16.7. The van der Waals surface area contributed by atoms with Crippen molar-refractivity contribution in [3.05, 3.63) is 76.6 Å².